The Bertz CT molecular complexity index is 873. The molecule has 0 bridgehead atoms. The van der Waals surface area contributed by atoms with Crippen molar-refractivity contribution >= 4 is 11.8 Å². The molecule has 1 N–H and O–H groups in total. The predicted molar refractivity (Wildman–Crippen MR) is 120 cm³/mol. The molecule has 0 aliphatic carbocycles. The Balaban J connectivity index is 1.47. The molecule has 166 valence electrons. The summed E-state index contributed by atoms with van der Waals surface area (Å²) in [5, 5.41) is 3.09. The van der Waals surface area contributed by atoms with Crippen LogP contribution >= 0.6 is 0 Å². The molecule has 1 fully saturated rings. The maximum atomic E-state index is 13.2. The molecule has 2 amide bonds. The number of carbonyl (C=O) groups excluding carboxylic acids is 2. The van der Waals surface area contributed by atoms with Gasteiger partial charge >= 0.3 is 0 Å². The van der Waals surface area contributed by atoms with Gasteiger partial charge in [0.15, 0.2) is 0 Å². The molecule has 1 aliphatic rings. The minimum atomic E-state index is -0.285. The molecular formula is C25H32FN3O2. The van der Waals surface area contributed by atoms with Crippen LogP contribution in [0.15, 0.2) is 48.5 Å². The number of nitrogens with zero attached hydrogens (tertiary/aromatic N) is 2. The normalized spacial score (nSPS) is 15.7. The summed E-state index contributed by atoms with van der Waals surface area (Å²) in [4.78, 5) is 29.2. The van der Waals surface area contributed by atoms with E-state index in [4.69, 9.17) is 0 Å². The fourth-order valence-corrected chi connectivity index (χ4v) is 3.87. The van der Waals surface area contributed by atoms with E-state index in [9.17, 15) is 14.0 Å². The number of nitrogens with one attached hydrogen (secondary N) is 1. The molecule has 0 aromatic heterocycles. The van der Waals surface area contributed by atoms with E-state index in [1.165, 1.54) is 17.7 Å². The van der Waals surface area contributed by atoms with Crippen LogP contribution in [0.4, 0.5) is 4.39 Å². The average Bonchev–Trinajstić information content (AvgIpc) is 2.75. The molecule has 0 saturated carbocycles. The second-order valence-corrected chi connectivity index (χ2v) is 8.66. The van der Waals surface area contributed by atoms with E-state index in [1.807, 2.05) is 49.9 Å². The Morgan fingerprint density at radius 3 is 2.16 bits per heavy atom. The van der Waals surface area contributed by atoms with Crippen molar-refractivity contribution in [1.82, 2.24) is 15.1 Å². The highest BCUT2D eigenvalue weighted by molar-refractivity contribution is 5.79. The summed E-state index contributed by atoms with van der Waals surface area (Å²) < 4.78 is 13.2. The third-order valence-corrected chi connectivity index (χ3v) is 5.78. The van der Waals surface area contributed by atoms with E-state index in [-0.39, 0.29) is 29.6 Å². The lowest BCUT2D eigenvalue weighted by molar-refractivity contribution is -0.132. The minimum Gasteiger partial charge on any atom is -0.348 e. The summed E-state index contributed by atoms with van der Waals surface area (Å²) in [6.45, 7) is 9.01. The summed E-state index contributed by atoms with van der Waals surface area (Å²) in [6, 6.07) is 14.2. The van der Waals surface area contributed by atoms with Crippen molar-refractivity contribution in [3.63, 3.8) is 0 Å². The lowest BCUT2D eigenvalue weighted by Crippen LogP contribution is -2.51. The maximum Gasteiger partial charge on any atom is 0.234 e. The molecule has 3 rings (SSSR count). The van der Waals surface area contributed by atoms with Gasteiger partial charge in [-0.25, -0.2) is 4.39 Å². The van der Waals surface area contributed by atoms with Crippen LogP contribution in [0, 0.1) is 18.7 Å². The zero-order valence-corrected chi connectivity index (χ0v) is 18.6. The highest BCUT2D eigenvalue weighted by Gasteiger charge is 2.24. The maximum absolute atomic E-state index is 13.2. The van der Waals surface area contributed by atoms with E-state index in [0.29, 0.717) is 39.1 Å². The van der Waals surface area contributed by atoms with Crippen LogP contribution in [0.25, 0.3) is 0 Å². The van der Waals surface area contributed by atoms with Gasteiger partial charge in [-0.1, -0.05) is 55.8 Å². The lowest BCUT2D eigenvalue weighted by atomic mass is 9.96. The van der Waals surface area contributed by atoms with Crippen molar-refractivity contribution in [3.05, 3.63) is 71.0 Å². The second-order valence-electron chi connectivity index (χ2n) is 8.66. The van der Waals surface area contributed by atoms with Gasteiger partial charge in [-0.2, -0.15) is 0 Å². The fourth-order valence-electron chi connectivity index (χ4n) is 3.87. The van der Waals surface area contributed by atoms with Gasteiger partial charge in [0.25, 0.3) is 0 Å². The summed E-state index contributed by atoms with van der Waals surface area (Å²) in [6.07, 6.45) is 0.411. The van der Waals surface area contributed by atoms with Crippen LogP contribution in [0.1, 0.15) is 36.6 Å². The third kappa shape index (κ3) is 6.62. The predicted octanol–water partition coefficient (Wildman–Crippen LogP) is 3.33. The molecule has 2 aromatic carbocycles. The molecule has 6 heteroatoms. The van der Waals surface area contributed by atoms with Gasteiger partial charge in [0.2, 0.25) is 11.8 Å². The first-order valence-electron chi connectivity index (χ1n) is 10.9. The van der Waals surface area contributed by atoms with E-state index in [0.717, 1.165) is 11.1 Å². The number of rotatable bonds is 7. The number of halogens is 1. The third-order valence-electron chi connectivity index (χ3n) is 5.78. The highest BCUT2D eigenvalue weighted by Crippen LogP contribution is 2.22. The van der Waals surface area contributed by atoms with Gasteiger partial charge in [-0.3, -0.25) is 14.5 Å². The topological polar surface area (TPSA) is 52.7 Å². The molecule has 1 saturated heterocycles. The standard InChI is InChI=1S/C25H32FN3O2/c1-18(2)25(21-8-10-22(26)11-9-21)27-23(30)17-28-12-14-29(15-13-28)24(31)16-20-6-4-19(3)5-7-20/h4-11,18,25H,12-17H2,1-3H3,(H,27,30). The van der Waals surface area contributed by atoms with Crippen molar-refractivity contribution in [2.45, 2.75) is 33.2 Å². The average molecular weight is 426 g/mol. The zero-order chi connectivity index (χ0) is 22.4. The Morgan fingerprint density at radius 2 is 1.58 bits per heavy atom. The number of benzene rings is 2. The van der Waals surface area contributed by atoms with Crippen molar-refractivity contribution in [1.29, 1.82) is 0 Å². The fraction of sp³-hybridized carbons (Fsp3) is 0.440. The van der Waals surface area contributed by atoms with Crippen molar-refractivity contribution < 1.29 is 14.0 Å². The summed E-state index contributed by atoms with van der Waals surface area (Å²) in [5.74, 6) is -0.0235. The first-order chi connectivity index (χ1) is 14.8. The first kappa shape index (κ1) is 22.9. The SMILES string of the molecule is Cc1ccc(CC(=O)N2CCN(CC(=O)NC(c3ccc(F)cc3)C(C)C)CC2)cc1. The van der Waals surface area contributed by atoms with Crippen molar-refractivity contribution in [2.24, 2.45) is 5.92 Å². The van der Waals surface area contributed by atoms with E-state index < -0.39 is 0 Å². The molecule has 0 radical (unpaired) electrons. The number of hydrogen-bond acceptors (Lipinski definition) is 3. The van der Waals surface area contributed by atoms with Crippen LogP contribution in [0.5, 0.6) is 0 Å². The van der Waals surface area contributed by atoms with Gasteiger partial charge in [-0.15, -0.1) is 0 Å². The number of piperazine rings is 1. The summed E-state index contributed by atoms with van der Waals surface area (Å²) in [7, 11) is 0. The first-order valence-corrected chi connectivity index (χ1v) is 10.9. The Hall–Kier alpha value is -2.73. The van der Waals surface area contributed by atoms with Crippen LogP contribution < -0.4 is 5.32 Å². The number of amides is 2. The lowest BCUT2D eigenvalue weighted by Gasteiger charge is -2.35. The molecule has 2 aromatic rings. The number of carbonyl (C=O) groups is 2. The Morgan fingerprint density at radius 1 is 0.968 bits per heavy atom. The molecular weight excluding hydrogens is 393 g/mol. The monoisotopic (exact) mass is 425 g/mol. The number of hydrogen-bond donors (Lipinski definition) is 1. The van der Waals surface area contributed by atoms with Crippen molar-refractivity contribution in [2.75, 3.05) is 32.7 Å². The van der Waals surface area contributed by atoms with Gasteiger partial charge < -0.3 is 10.2 Å². The molecule has 5 nitrogen and oxygen atoms in total. The van der Waals surface area contributed by atoms with Gasteiger partial charge in [0, 0.05) is 26.2 Å². The van der Waals surface area contributed by atoms with E-state index in [1.54, 1.807) is 12.1 Å². The molecule has 1 atom stereocenters. The number of aryl methyl sites for hydroxylation is 1. The Labute approximate surface area is 184 Å². The molecule has 31 heavy (non-hydrogen) atoms. The van der Waals surface area contributed by atoms with Crippen LogP contribution in [0.2, 0.25) is 0 Å². The molecule has 0 spiro atoms. The largest absolute Gasteiger partial charge is 0.348 e. The summed E-state index contributed by atoms with van der Waals surface area (Å²) in [5.41, 5.74) is 3.11. The quantitative estimate of drug-likeness (QED) is 0.740. The van der Waals surface area contributed by atoms with Gasteiger partial charge in [0.1, 0.15) is 5.82 Å². The van der Waals surface area contributed by atoms with Gasteiger partial charge in [-0.05, 0) is 36.1 Å². The van der Waals surface area contributed by atoms with E-state index in [2.05, 4.69) is 10.2 Å². The molecule has 1 heterocycles. The smallest absolute Gasteiger partial charge is 0.234 e. The highest BCUT2D eigenvalue weighted by atomic mass is 19.1. The summed E-state index contributed by atoms with van der Waals surface area (Å²) >= 11 is 0. The van der Waals surface area contributed by atoms with Crippen LogP contribution in [-0.2, 0) is 16.0 Å². The zero-order valence-electron chi connectivity index (χ0n) is 18.6. The van der Waals surface area contributed by atoms with Crippen LogP contribution in [0.3, 0.4) is 0 Å². The van der Waals surface area contributed by atoms with Crippen molar-refractivity contribution in [3.8, 4) is 0 Å². The molecule has 1 unspecified atom stereocenters. The second kappa shape index (κ2) is 10.5. The van der Waals surface area contributed by atoms with Crippen LogP contribution in [-0.4, -0.2) is 54.3 Å². The Kier molecular flexibility index (Phi) is 7.80. The van der Waals surface area contributed by atoms with E-state index >= 15 is 0 Å². The molecule has 1 aliphatic heterocycles. The van der Waals surface area contributed by atoms with Gasteiger partial charge in [0.05, 0.1) is 19.0 Å². The minimum absolute atomic E-state index is 0.0533.